The van der Waals surface area contributed by atoms with Crippen LogP contribution in [0.4, 0.5) is 8.78 Å². The van der Waals surface area contributed by atoms with Gasteiger partial charge in [-0.05, 0) is 75.2 Å². The largest absolute Gasteiger partial charge is 0.497 e. The lowest BCUT2D eigenvalue weighted by Crippen LogP contribution is -2.45. The van der Waals surface area contributed by atoms with Crippen LogP contribution in [-0.2, 0) is 4.79 Å². The highest BCUT2D eigenvalue weighted by atomic mass is 35.5. The molecule has 1 aliphatic heterocycles. The van der Waals surface area contributed by atoms with Crippen LogP contribution in [0.25, 0.3) is 10.9 Å². The van der Waals surface area contributed by atoms with Gasteiger partial charge in [0.15, 0.2) is 0 Å². The Hall–Kier alpha value is -2.46. The van der Waals surface area contributed by atoms with E-state index in [-0.39, 0.29) is 11.3 Å². The van der Waals surface area contributed by atoms with Crippen molar-refractivity contribution in [3.8, 4) is 5.75 Å². The standard InChI is InChI=1S/C27H29ClF2N2O4S/c1-36-18-3-5-22-19(15-18)25(20(28)16-31-22)23(33)6-7-27(26(34)35)8-10-32(11-9-27)12-13-37-24-14-17(29)2-4-21(24)30/h2-5,14-16,23,33H,6-13H2,1H3,(H,34,35). The Morgan fingerprint density at radius 2 is 2.00 bits per heavy atom. The summed E-state index contributed by atoms with van der Waals surface area (Å²) in [7, 11) is 1.55. The lowest BCUT2D eigenvalue weighted by molar-refractivity contribution is -0.153. The smallest absolute Gasteiger partial charge is 0.309 e. The number of nitrogens with zero attached hydrogens (tertiary/aromatic N) is 2. The SMILES string of the molecule is COc1ccc2ncc(Cl)c(C(O)CCC3(C(=O)O)CCN(CCSc4cc(F)ccc4F)CC3)c2c1. The first kappa shape index (κ1) is 27.6. The molecule has 1 atom stereocenters. The minimum absolute atomic E-state index is 0.233. The Labute approximate surface area is 223 Å². The number of hydrogen-bond acceptors (Lipinski definition) is 6. The molecule has 1 aliphatic rings. The number of thioether (sulfide) groups is 1. The number of aliphatic hydroxyl groups excluding tert-OH is 1. The summed E-state index contributed by atoms with van der Waals surface area (Å²) < 4.78 is 32.5. The Balaban J connectivity index is 1.37. The summed E-state index contributed by atoms with van der Waals surface area (Å²) in [6.45, 7) is 1.79. The van der Waals surface area contributed by atoms with Crippen molar-refractivity contribution in [1.82, 2.24) is 9.88 Å². The molecule has 198 valence electrons. The first-order valence-electron chi connectivity index (χ1n) is 12.1. The molecule has 1 unspecified atom stereocenters. The van der Waals surface area contributed by atoms with Crippen LogP contribution < -0.4 is 4.74 Å². The molecule has 0 aliphatic carbocycles. The molecule has 1 aromatic heterocycles. The number of carboxylic acids is 1. The summed E-state index contributed by atoms with van der Waals surface area (Å²) in [4.78, 5) is 19.1. The second-order valence-corrected chi connectivity index (χ2v) is 10.9. The van der Waals surface area contributed by atoms with E-state index in [0.29, 0.717) is 71.9 Å². The number of ether oxygens (including phenoxy) is 1. The third-order valence-corrected chi connectivity index (χ3v) is 8.43. The molecule has 2 aromatic carbocycles. The van der Waals surface area contributed by atoms with Crippen LogP contribution in [0, 0.1) is 17.0 Å². The van der Waals surface area contributed by atoms with Crippen LogP contribution in [0.3, 0.4) is 0 Å². The average molecular weight is 551 g/mol. The van der Waals surface area contributed by atoms with Crippen LogP contribution in [-0.4, -0.2) is 58.6 Å². The zero-order chi connectivity index (χ0) is 26.6. The summed E-state index contributed by atoms with van der Waals surface area (Å²) in [5, 5.41) is 22.2. The van der Waals surface area contributed by atoms with E-state index in [2.05, 4.69) is 9.88 Å². The number of likely N-dealkylation sites (tertiary alicyclic amines) is 1. The second kappa shape index (κ2) is 11.9. The maximum Gasteiger partial charge on any atom is 0.309 e. The maximum absolute atomic E-state index is 13.8. The van der Waals surface area contributed by atoms with E-state index in [9.17, 15) is 23.8 Å². The van der Waals surface area contributed by atoms with E-state index in [1.807, 2.05) is 0 Å². The molecule has 3 aromatic rings. The summed E-state index contributed by atoms with van der Waals surface area (Å²) in [6, 6.07) is 8.73. The van der Waals surface area contributed by atoms with Crippen molar-refractivity contribution in [1.29, 1.82) is 0 Å². The molecule has 0 saturated carbocycles. The molecule has 2 heterocycles. The fourth-order valence-corrected chi connectivity index (χ4v) is 6.09. The average Bonchev–Trinajstić information content (AvgIpc) is 2.89. The van der Waals surface area contributed by atoms with Gasteiger partial charge in [-0.3, -0.25) is 9.78 Å². The summed E-state index contributed by atoms with van der Waals surface area (Å²) in [5.41, 5.74) is 0.230. The highest BCUT2D eigenvalue weighted by Crippen LogP contribution is 2.41. The minimum atomic E-state index is -0.961. The molecule has 2 N–H and O–H groups in total. The first-order chi connectivity index (χ1) is 17.7. The van der Waals surface area contributed by atoms with Gasteiger partial charge in [-0.1, -0.05) is 11.6 Å². The van der Waals surface area contributed by atoms with E-state index in [0.717, 1.165) is 12.1 Å². The van der Waals surface area contributed by atoms with Gasteiger partial charge in [0, 0.05) is 34.3 Å². The normalized spacial score (nSPS) is 16.6. The van der Waals surface area contributed by atoms with Crippen molar-refractivity contribution in [2.45, 2.75) is 36.7 Å². The van der Waals surface area contributed by atoms with E-state index in [1.165, 1.54) is 24.0 Å². The van der Waals surface area contributed by atoms with Gasteiger partial charge in [-0.15, -0.1) is 11.8 Å². The molecule has 10 heteroatoms. The number of piperidine rings is 1. The summed E-state index contributed by atoms with van der Waals surface area (Å²) in [6.07, 6.45) is 1.94. The van der Waals surface area contributed by atoms with Crippen LogP contribution in [0.2, 0.25) is 5.02 Å². The first-order valence-corrected chi connectivity index (χ1v) is 13.4. The third kappa shape index (κ3) is 6.34. The number of benzene rings is 2. The maximum atomic E-state index is 13.8. The van der Waals surface area contributed by atoms with Crippen LogP contribution in [0.15, 0.2) is 47.5 Å². The molecule has 0 bridgehead atoms. The van der Waals surface area contributed by atoms with Gasteiger partial charge < -0.3 is 19.8 Å². The molecule has 0 spiro atoms. The van der Waals surface area contributed by atoms with Gasteiger partial charge in [-0.2, -0.15) is 0 Å². The van der Waals surface area contributed by atoms with Crippen LogP contribution >= 0.6 is 23.4 Å². The Morgan fingerprint density at radius 1 is 1.24 bits per heavy atom. The molecular weight excluding hydrogens is 522 g/mol. The van der Waals surface area contributed by atoms with Crippen molar-refractivity contribution in [2.24, 2.45) is 5.41 Å². The van der Waals surface area contributed by atoms with E-state index < -0.39 is 29.1 Å². The van der Waals surface area contributed by atoms with E-state index >= 15 is 0 Å². The van der Waals surface area contributed by atoms with Crippen LogP contribution in [0.5, 0.6) is 5.75 Å². The number of pyridine rings is 1. The Morgan fingerprint density at radius 3 is 2.70 bits per heavy atom. The highest BCUT2D eigenvalue weighted by Gasteiger charge is 2.41. The summed E-state index contributed by atoms with van der Waals surface area (Å²) in [5.74, 6) is -0.624. The lowest BCUT2D eigenvalue weighted by atomic mass is 9.74. The Kier molecular flexibility index (Phi) is 8.90. The quantitative estimate of drug-likeness (QED) is 0.302. The van der Waals surface area contributed by atoms with Crippen molar-refractivity contribution in [3.63, 3.8) is 0 Å². The van der Waals surface area contributed by atoms with Gasteiger partial charge in [0.1, 0.15) is 17.4 Å². The molecule has 0 amide bonds. The van der Waals surface area contributed by atoms with Gasteiger partial charge in [0.2, 0.25) is 0 Å². The van der Waals surface area contributed by atoms with Crippen molar-refractivity contribution in [3.05, 3.63) is 64.8 Å². The monoisotopic (exact) mass is 550 g/mol. The van der Waals surface area contributed by atoms with Crippen molar-refractivity contribution >= 4 is 40.2 Å². The molecule has 1 saturated heterocycles. The third-order valence-electron chi connectivity index (χ3n) is 7.12. The second-order valence-electron chi connectivity index (χ2n) is 9.31. The number of aromatic nitrogens is 1. The van der Waals surface area contributed by atoms with E-state index in [4.69, 9.17) is 16.3 Å². The van der Waals surface area contributed by atoms with Gasteiger partial charge in [-0.25, -0.2) is 8.78 Å². The van der Waals surface area contributed by atoms with E-state index in [1.54, 1.807) is 25.3 Å². The number of rotatable bonds is 10. The number of fused-ring (bicyclic) bond motifs is 1. The number of aliphatic carboxylic acids is 1. The van der Waals surface area contributed by atoms with Gasteiger partial charge in [0.05, 0.1) is 29.2 Å². The molecule has 1 fully saturated rings. The highest BCUT2D eigenvalue weighted by molar-refractivity contribution is 7.99. The number of carboxylic acid groups (broad SMARTS) is 1. The molecule has 4 rings (SSSR count). The number of hydrogen-bond donors (Lipinski definition) is 2. The van der Waals surface area contributed by atoms with Crippen LogP contribution in [0.1, 0.15) is 37.4 Å². The number of halogens is 3. The zero-order valence-electron chi connectivity index (χ0n) is 20.4. The number of methoxy groups -OCH3 is 1. The fraction of sp³-hybridized carbons (Fsp3) is 0.407. The predicted octanol–water partition coefficient (Wildman–Crippen LogP) is 5.95. The van der Waals surface area contributed by atoms with Crippen molar-refractivity contribution < 1.29 is 28.5 Å². The fourth-order valence-electron chi connectivity index (χ4n) is 4.84. The lowest BCUT2D eigenvalue weighted by Gasteiger charge is -2.39. The number of aliphatic hydroxyl groups is 1. The van der Waals surface area contributed by atoms with Gasteiger partial charge >= 0.3 is 5.97 Å². The van der Waals surface area contributed by atoms with Crippen molar-refractivity contribution in [2.75, 3.05) is 32.5 Å². The topological polar surface area (TPSA) is 82.9 Å². The predicted molar refractivity (Wildman–Crippen MR) is 140 cm³/mol. The minimum Gasteiger partial charge on any atom is -0.497 e. The Bertz CT molecular complexity index is 1270. The number of carbonyl (C=O) groups is 1. The molecule has 0 radical (unpaired) electrons. The molecule has 37 heavy (non-hydrogen) atoms. The molecular formula is C27H29ClF2N2O4S. The summed E-state index contributed by atoms with van der Waals surface area (Å²) >= 11 is 7.66. The molecule has 6 nitrogen and oxygen atoms in total. The van der Waals surface area contributed by atoms with Gasteiger partial charge in [0.25, 0.3) is 0 Å². The zero-order valence-corrected chi connectivity index (χ0v) is 22.0.